The molecule has 0 saturated heterocycles. The van der Waals surface area contributed by atoms with E-state index in [0.29, 0.717) is 31.4 Å². The van der Waals surface area contributed by atoms with Gasteiger partial charge in [-0.05, 0) is 86.0 Å². The van der Waals surface area contributed by atoms with Crippen LogP contribution in [0.1, 0.15) is 54.6 Å². The van der Waals surface area contributed by atoms with E-state index in [-0.39, 0.29) is 17.1 Å². The van der Waals surface area contributed by atoms with E-state index in [1.54, 1.807) is 12.1 Å². The molecule has 0 aromatic heterocycles. The van der Waals surface area contributed by atoms with E-state index in [9.17, 15) is 9.59 Å². The number of aryl methyl sites for hydroxylation is 1. The monoisotopic (exact) mass is 534 g/mol. The fourth-order valence-electron chi connectivity index (χ4n) is 3.51. The molecule has 1 saturated carbocycles. The lowest BCUT2D eigenvalue weighted by Gasteiger charge is -2.28. The highest BCUT2D eigenvalue weighted by Crippen LogP contribution is 2.35. The van der Waals surface area contributed by atoms with Crippen LogP contribution in [0.2, 0.25) is 0 Å². The molecular formula is C23H24Br2N2O3. The molecule has 1 N–H and O–H groups in total. The minimum absolute atomic E-state index is 0.109. The molecule has 2 aromatic carbocycles. The Balaban J connectivity index is 1.59. The molecule has 7 heteroatoms. The van der Waals surface area contributed by atoms with Gasteiger partial charge in [-0.1, -0.05) is 26.0 Å². The average Bonchev–Trinajstić information content (AvgIpc) is 2.64. The van der Waals surface area contributed by atoms with Gasteiger partial charge in [-0.2, -0.15) is 5.10 Å². The van der Waals surface area contributed by atoms with Gasteiger partial charge in [0.05, 0.1) is 8.95 Å². The van der Waals surface area contributed by atoms with E-state index >= 15 is 0 Å². The van der Waals surface area contributed by atoms with Crippen LogP contribution >= 0.6 is 31.9 Å². The molecule has 0 atom stereocenters. The van der Waals surface area contributed by atoms with Crippen LogP contribution in [-0.4, -0.2) is 17.4 Å². The van der Waals surface area contributed by atoms with Crippen molar-refractivity contribution in [3.05, 3.63) is 62.0 Å². The predicted molar refractivity (Wildman–Crippen MR) is 125 cm³/mol. The number of carbonyl (C=O) groups is 2. The number of halogens is 2. The van der Waals surface area contributed by atoms with Gasteiger partial charge in [-0.15, -0.1) is 0 Å². The number of amides is 1. The number of nitrogens with zero attached hydrogens (tertiary/aromatic N) is 1. The van der Waals surface area contributed by atoms with Crippen molar-refractivity contribution in [2.75, 3.05) is 0 Å². The van der Waals surface area contributed by atoms with Crippen molar-refractivity contribution in [3.8, 4) is 5.75 Å². The highest BCUT2D eigenvalue weighted by Gasteiger charge is 2.30. The molecule has 0 radical (unpaired) electrons. The molecule has 158 valence electrons. The Morgan fingerprint density at radius 2 is 1.77 bits per heavy atom. The lowest BCUT2D eigenvalue weighted by atomic mass is 9.76. The van der Waals surface area contributed by atoms with Crippen LogP contribution in [-0.2, 0) is 11.4 Å². The topological polar surface area (TPSA) is 67.8 Å². The third-order valence-electron chi connectivity index (χ3n) is 4.82. The quantitative estimate of drug-likeness (QED) is 0.480. The summed E-state index contributed by atoms with van der Waals surface area (Å²) in [4.78, 5) is 24.2. The number of hydrazone groups is 1. The van der Waals surface area contributed by atoms with E-state index in [1.807, 2.05) is 45.0 Å². The van der Waals surface area contributed by atoms with Crippen molar-refractivity contribution in [2.45, 2.75) is 46.6 Å². The van der Waals surface area contributed by atoms with Crippen LogP contribution < -0.4 is 10.2 Å². The summed E-state index contributed by atoms with van der Waals surface area (Å²) in [6.07, 6.45) is 1.57. The van der Waals surface area contributed by atoms with E-state index in [4.69, 9.17) is 4.74 Å². The summed E-state index contributed by atoms with van der Waals surface area (Å²) in [6.45, 7) is 6.47. The number of hydrogen-bond acceptors (Lipinski definition) is 4. The Morgan fingerprint density at radius 1 is 1.13 bits per heavy atom. The number of nitrogens with one attached hydrogen (secondary N) is 1. The van der Waals surface area contributed by atoms with Crippen molar-refractivity contribution in [1.29, 1.82) is 0 Å². The van der Waals surface area contributed by atoms with Gasteiger partial charge in [-0.25, -0.2) is 5.43 Å². The summed E-state index contributed by atoms with van der Waals surface area (Å²) < 4.78 is 7.68. The number of benzene rings is 2. The number of Topliss-reactive ketones (excluding diaryl/α,β-unsaturated/α-hetero) is 1. The minimum Gasteiger partial charge on any atom is -0.487 e. The number of ketones is 1. The lowest BCUT2D eigenvalue weighted by molar-refractivity contribution is -0.120. The van der Waals surface area contributed by atoms with Crippen molar-refractivity contribution in [3.63, 3.8) is 0 Å². The maximum Gasteiger partial charge on any atom is 0.271 e. The van der Waals surface area contributed by atoms with Crippen molar-refractivity contribution in [1.82, 2.24) is 5.43 Å². The third-order valence-corrected chi connectivity index (χ3v) is 6.00. The first-order chi connectivity index (χ1) is 14.1. The van der Waals surface area contributed by atoms with E-state index < -0.39 is 0 Å². The molecule has 5 nitrogen and oxygen atoms in total. The largest absolute Gasteiger partial charge is 0.487 e. The Labute approximate surface area is 193 Å². The molecule has 0 bridgehead atoms. The number of hydrogen-bond donors (Lipinski definition) is 1. The first-order valence-corrected chi connectivity index (χ1v) is 11.3. The number of carbonyl (C=O) groups excluding carboxylic acids is 2. The molecule has 0 aliphatic heterocycles. The molecule has 1 aliphatic rings. The summed E-state index contributed by atoms with van der Waals surface area (Å²) >= 11 is 7.04. The van der Waals surface area contributed by atoms with Crippen LogP contribution in [0, 0.1) is 12.3 Å². The third kappa shape index (κ3) is 6.01. The van der Waals surface area contributed by atoms with Crippen molar-refractivity contribution in [2.24, 2.45) is 10.5 Å². The smallest absolute Gasteiger partial charge is 0.271 e. The molecule has 1 aliphatic carbocycles. The number of rotatable bonds is 5. The second kappa shape index (κ2) is 9.43. The van der Waals surface area contributed by atoms with Crippen LogP contribution in [0.15, 0.2) is 50.4 Å². The van der Waals surface area contributed by atoms with Gasteiger partial charge < -0.3 is 4.74 Å². The van der Waals surface area contributed by atoms with Crippen molar-refractivity contribution < 1.29 is 14.3 Å². The highest BCUT2D eigenvalue weighted by atomic mass is 79.9. The summed E-state index contributed by atoms with van der Waals surface area (Å²) in [7, 11) is 0. The van der Waals surface area contributed by atoms with E-state index in [2.05, 4.69) is 42.4 Å². The second-order valence-corrected chi connectivity index (χ2v) is 10.1. The molecule has 30 heavy (non-hydrogen) atoms. The van der Waals surface area contributed by atoms with Gasteiger partial charge in [0.1, 0.15) is 18.1 Å². The SMILES string of the molecule is Cc1cc(Br)c(OCc2ccc(C(=O)N/N=C3/CC(=O)CC(C)(C)C3)cc2)c(Br)c1. The molecule has 1 amide bonds. The van der Waals surface area contributed by atoms with E-state index in [1.165, 1.54) is 0 Å². The molecular weight excluding hydrogens is 512 g/mol. The first-order valence-electron chi connectivity index (χ1n) is 9.68. The maximum absolute atomic E-state index is 12.4. The Morgan fingerprint density at radius 3 is 2.37 bits per heavy atom. The Hall–Kier alpha value is -1.99. The number of ether oxygens (including phenoxy) is 1. The normalized spacial score (nSPS) is 17.1. The van der Waals surface area contributed by atoms with Crippen LogP contribution in [0.5, 0.6) is 5.75 Å². The van der Waals surface area contributed by atoms with Crippen LogP contribution in [0.25, 0.3) is 0 Å². The van der Waals surface area contributed by atoms with Crippen LogP contribution in [0.3, 0.4) is 0 Å². The first kappa shape index (κ1) is 22.7. The highest BCUT2D eigenvalue weighted by molar-refractivity contribution is 9.11. The lowest BCUT2D eigenvalue weighted by Crippen LogP contribution is -2.31. The van der Waals surface area contributed by atoms with Crippen LogP contribution in [0.4, 0.5) is 0 Å². The van der Waals surface area contributed by atoms with Gasteiger partial charge in [0.15, 0.2) is 0 Å². The van der Waals surface area contributed by atoms with Gasteiger partial charge >= 0.3 is 0 Å². The molecule has 0 unspecified atom stereocenters. The van der Waals surface area contributed by atoms with Gasteiger partial charge in [0.2, 0.25) is 0 Å². The zero-order chi connectivity index (χ0) is 21.9. The zero-order valence-electron chi connectivity index (χ0n) is 17.2. The molecule has 0 heterocycles. The second-order valence-electron chi connectivity index (χ2n) is 8.40. The molecule has 0 spiro atoms. The minimum atomic E-state index is -0.296. The maximum atomic E-state index is 12.4. The summed E-state index contributed by atoms with van der Waals surface area (Å²) in [5.41, 5.74) is 5.76. The standard InChI is InChI=1S/C23H24Br2N2O3/c1-14-8-19(24)21(20(25)9-14)30-13-15-4-6-16(7-5-15)22(29)27-26-17-10-18(28)12-23(2,3)11-17/h4-9H,10-13H2,1-3H3,(H,27,29)/b26-17-. The predicted octanol–water partition coefficient (Wildman–Crippen LogP) is 5.96. The van der Waals surface area contributed by atoms with E-state index in [0.717, 1.165) is 31.5 Å². The Kier molecular flexibility index (Phi) is 7.14. The summed E-state index contributed by atoms with van der Waals surface area (Å²) in [6, 6.07) is 11.2. The molecule has 3 rings (SSSR count). The average molecular weight is 536 g/mol. The zero-order valence-corrected chi connectivity index (χ0v) is 20.4. The van der Waals surface area contributed by atoms with Gasteiger partial charge in [-0.3, -0.25) is 9.59 Å². The Bertz CT molecular complexity index is 975. The summed E-state index contributed by atoms with van der Waals surface area (Å²) in [5, 5.41) is 4.19. The fraction of sp³-hybridized carbons (Fsp3) is 0.348. The van der Waals surface area contributed by atoms with Gasteiger partial charge in [0.25, 0.3) is 5.91 Å². The molecule has 2 aromatic rings. The molecule has 1 fully saturated rings. The fourth-order valence-corrected chi connectivity index (χ4v) is 5.15. The summed E-state index contributed by atoms with van der Waals surface area (Å²) in [5.74, 6) is 0.605. The van der Waals surface area contributed by atoms with Gasteiger partial charge in [0, 0.05) is 24.1 Å². The van der Waals surface area contributed by atoms with Crippen molar-refractivity contribution >= 4 is 49.3 Å².